The van der Waals surface area contributed by atoms with Crippen LogP contribution in [-0.2, 0) is 4.74 Å². The second-order valence-corrected chi connectivity index (χ2v) is 5.88. The third-order valence-corrected chi connectivity index (χ3v) is 3.93. The predicted octanol–water partition coefficient (Wildman–Crippen LogP) is 2.37. The highest BCUT2D eigenvalue weighted by molar-refractivity contribution is 4.86. The van der Waals surface area contributed by atoms with Gasteiger partial charge in [0, 0.05) is 26.2 Å². The van der Waals surface area contributed by atoms with Crippen molar-refractivity contribution in [1.29, 1.82) is 0 Å². The number of nitrogens with zero attached hydrogens (tertiary/aromatic N) is 1. The summed E-state index contributed by atoms with van der Waals surface area (Å²) in [5.74, 6) is 1.66. The van der Waals surface area contributed by atoms with E-state index in [0.717, 1.165) is 44.1 Å². The van der Waals surface area contributed by atoms with Crippen LogP contribution in [0, 0.1) is 11.8 Å². The van der Waals surface area contributed by atoms with Crippen molar-refractivity contribution in [3.8, 4) is 0 Å². The molecule has 1 N–H and O–H groups in total. The van der Waals surface area contributed by atoms with Crippen LogP contribution in [0.1, 0.15) is 40.0 Å². The van der Waals surface area contributed by atoms with Crippen molar-refractivity contribution in [3.63, 3.8) is 0 Å². The molecule has 2 atom stereocenters. The number of ether oxygens (including phenoxy) is 1. The van der Waals surface area contributed by atoms with Crippen LogP contribution in [0.25, 0.3) is 0 Å². The maximum Gasteiger partial charge on any atom is 0.0589 e. The summed E-state index contributed by atoms with van der Waals surface area (Å²) in [5.41, 5.74) is 0. The second-order valence-electron chi connectivity index (χ2n) is 5.88. The first-order valence-corrected chi connectivity index (χ1v) is 7.62. The molecular formula is C15H32N2O. The van der Waals surface area contributed by atoms with Gasteiger partial charge in [-0.15, -0.1) is 0 Å². The van der Waals surface area contributed by atoms with Gasteiger partial charge in [0.2, 0.25) is 0 Å². The first-order valence-electron chi connectivity index (χ1n) is 7.62. The molecule has 1 saturated carbocycles. The van der Waals surface area contributed by atoms with Crippen molar-refractivity contribution in [2.45, 2.75) is 46.1 Å². The maximum absolute atomic E-state index is 5.25. The van der Waals surface area contributed by atoms with Crippen LogP contribution >= 0.6 is 0 Å². The lowest BCUT2D eigenvalue weighted by Crippen LogP contribution is -2.42. The van der Waals surface area contributed by atoms with E-state index in [1.165, 1.54) is 25.8 Å². The molecule has 3 heteroatoms. The molecule has 0 saturated heterocycles. The molecule has 3 nitrogen and oxygen atoms in total. The SMILES string of the molecule is CCCNCC(C)CN(CCOC)C(C)C1CC1. The van der Waals surface area contributed by atoms with Crippen molar-refractivity contribution >= 4 is 0 Å². The summed E-state index contributed by atoms with van der Waals surface area (Å²) in [7, 11) is 1.80. The van der Waals surface area contributed by atoms with Crippen LogP contribution in [0.2, 0.25) is 0 Å². The third-order valence-electron chi connectivity index (χ3n) is 3.93. The highest BCUT2D eigenvalue weighted by Crippen LogP contribution is 2.35. The molecule has 0 heterocycles. The first-order chi connectivity index (χ1) is 8.69. The highest BCUT2D eigenvalue weighted by atomic mass is 16.5. The molecule has 0 aromatic rings. The minimum absolute atomic E-state index is 0.717. The topological polar surface area (TPSA) is 24.5 Å². The third kappa shape index (κ3) is 6.17. The fourth-order valence-electron chi connectivity index (χ4n) is 2.54. The lowest BCUT2D eigenvalue weighted by molar-refractivity contribution is 0.105. The fourth-order valence-corrected chi connectivity index (χ4v) is 2.54. The zero-order chi connectivity index (χ0) is 13.4. The van der Waals surface area contributed by atoms with E-state index < -0.39 is 0 Å². The van der Waals surface area contributed by atoms with Crippen molar-refractivity contribution in [2.75, 3.05) is 39.9 Å². The molecule has 0 aliphatic heterocycles. The van der Waals surface area contributed by atoms with Gasteiger partial charge in [0.25, 0.3) is 0 Å². The molecule has 0 aromatic carbocycles. The lowest BCUT2D eigenvalue weighted by atomic mass is 10.1. The predicted molar refractivity (Wildman–Crippen MR) is 78.0 cm³/mol. The molecule has 1 fully saturated rings. The van der Waals surface area contributed by atoms with Crippen molar-refractivity contribution in [3.05, 3.63) is 0 Å². The zero-order valence-electron chi connectivity index (χ0n) is 12.7. The molecule has 0 amide bonds. The smallest absolute Gasteiger partial charge is 0.0589 e. The van der Waals surface area contributed by atoms with Gasteiger partial charge < -0.3 is 10.1 Å². The Balaban J connectivity index is 2.29. The normalized spacial score (nSPS) is 19.2. The van der Waals surface area contributed by atoms with E-state index in [1.54, 1.807) is 7.11 Å². The Morgan fingerprint density at radius 2 is 2.06 bits per heavy atom. The molecule has 0 spiro atoms. The largest absolute Gasteiger partial charge is 0.383 e. The second kappa shape index (κ2) is 8.89. The summed E-state index contributed by atoms with van der Waals surface area (Å²) in [6.07, 6.45) is 4.07. The van der Waals surface area contributed by atoms with Gasteiger partial charge in [-0.2, -0.15) is 0 Å². The number of methoxy groups -OCH3 is 1. The Bertz CT molecular complexity index is 207. The molecule has 1 aliphatic carbocycles. The molecule has 1 aliphatic rings. The number of hydrogen-bond acceptors (Lipinski definition) is 3. The zero-order valence-corrected chi connectivity index (χ0v) is 12.7. The number of rotatable bonds is 11. The van der Waals surface area contributed by atoms with Gasteiger partial charge >= 0.3 is 0 Å². The van der Waals surface area contributed by atoms with Crippen molar-refractivity contribution in [1.82, 2.24) is 10.2 Å². The maximum atomic E-state index is 5.25. The van der Waals surface area contributed by atoms with E-state index in [1.807, 2.05) is 0 Å². The molecule has 18 heavy (non-hydrogen) atoms. The quantitative estimate of drug-likeness (QED) is 0.574. The van der Waals surface area contributed by atoms with Gasteiger partial charge in [0.1, 0.15) is 0 Å². The van der Waals surface area contributed by atoms with Crippen molar-refractivity contribution < 1.29 is 4.74 Å². The number of hydrogen-bond donors (Lipinski definition) is 1. The molecule has 2 unspecified atom stereocenters. The van der Waals surface area contributed by atoms with E-state index in [0.29, 0.717) is 0 Å². The van der Waals surface area contributed by atoms with E-state index in [4.69, 9.17) is 4.74 Å². The van der Waals surface area contributed by atoms with Crippen LogP contribution in [-0.4, -0.2) is 50.8 Å². The summed E-state index contributed by atoms with van der Waals surface area (Å²) in [6, 6.07) is 0.730. The monoisotopic (exact) mass is 256 g/mol. The van der Waals surface area contributed by atoms with E-state index >= 15 is 0 Å². The summed E-state index contributed by atoms with van der Waals surface area (Å²) in [6.45, 7) is 12.4. The van der Waals surface area contributed by atoms with E-state index in [9.17, 15) is 0 Å². The number of nitrogens with one attached hydrogen (secondary N) is 1. The molecular weight excluding hydrogens is 224 g/mol. The molecule has 1 rings (SSSR count). The van der Waals surface area contributed by atoms with Crippen molar-refractivity contribution in [2.24, 2.45) is 11.8 Å². The molecule has 0 aromatic heterocycles. The van der Waals surface area contributed by atoms with Crippen LogP contribution in [0.3, 0.4) is 0 Å². The Morgan fingerprint density at radius 3 is 2.61 bits per heavy atom. The van der Waals surface area contributed by atoms with Gasteiger partial charge in [0.05, 0.1) is 6.61 Å². The summed E-state index contributed by atoms with van der Waals surface area (Å²) >= 11 is 0. The summed E-state index contributed by atoms with van der Waals surface area (Å²) < 4.78 is 5.25. The van der Waals surface area contributed by atoms with Gasteiger partial charge in [-0.05, 0) is 51.1 Å². The fraction of sp³-hybridized carbons (Fsp3) is 1.00. The average molecular weight is 256 g/mol. The molecule has 108 valence electrons. The van der Waals surface area contributed by atoms with Crippen LogP contribution in [0.15, 0.2) is 0 Å². The minimum Gasteiger partial charge on any atom is -0.383 e. The average Bonchev–Trinajstić information content (AvgIpc) is 3.18. The molecule has 0 radical (unpaired) electrons. The van der Waals surface area contributed by atoms with Gasteiger partial charge in [-0.3, -0.25) is 4.90 Å². The Hall–Kier alpha value is -0.120. The van der Waals surface area contributed by atoms with Gasteiger partial charge in [0.15, 0.2) is 0 Å². The van der Waals surface area contributed by atoms with Gasteiger partial charge in [-0.25, -0.2) is 0 Å². The standard InChI is InChI=1S/C15H32N2O/c1-5-8-16-11-13(2)12-17(9-10-18-4)14(3)15-6-7-15/h13-16H,5-12H2,1-4H3. The summed E-state index contributed by atoms with van der Waals surface area (Å²) in [5, 5.41) is 3.52. The summed E-state index contributed by atoms with van der Waals surface area (Å²) in [4.78, 5) is 2.62. The minimum atomic E-state index is 0.717. The van der Waals surface area contributed by atoms with Crippen LogP contribution in [0.5, 0.6) is 0 Å². The Kier molecular flexibility index (Phi) is 7.87. The van der Waals surface area contributed by atoms with Crippen LogP contribution in [0.4, 0.5) is 0 Å². The van der Waals surface area contributed by atoms with E-state index in [2.05, 4.69) is 31.0 Å². The highest BCUT2D eigenvalue weighted by Gasteiger charge is 2.32. The Labute approximate surface area is 113 Å². The van der Waals surface area contributed by atoms with Crippen LogP contribution < -0.4 is 5.32 Å². The molecule has 0 bridgehead atoms. The van der Waals surface area contributed by atoms with E-state index in [-0.39, 0.29) is 0 Å². The van der Waals surface area contributed by atoms with Gasteiger partial charge in [-0.1, -0.05) is 13.8 Å². The first kappa shape index (κ1) is 15.9. The lowest BCUT2D eigenvalue weighted by Gasteiger charge is -2.31. The Morgan fingerprint density at radius 1 is 1.33 bits per heavy atom.